The molecule has 1 aliphatic rings. The fourth-order valence-corrected chi connectivity index (χ4v) is 2.55. The van der Waals surface area contributed by atoms with Crippen molar-refractivity contribution in [3.8, 4) is 11.8 Å². The molecule has 1 unspecified atom stereocenters. The van der Waals surface area contributed by atoms with E-state index in [4.69, 9.17) is 21.1 Å². The minimum Gasteiger partial charge on any atom is -0.481 e. The first-order chi connectivity index (χ1) is 9.13. The maximum absolute atomic E-state index is 6.16. The second-order valence-electron chi connectivity index (χ2n) is 4.75. The van der Waals surface area contributed by atoms with Gasteiger partial charge in [0.1, 0.15) is 0 Å². The van der Waals surface area contributed by atoms with Gasteiger partial charge in [0.25, 0.3) is 0 Å². The van der Waals surface area contributed by atoms with Gasteiger partial charge in [-0.15, -0.1) is 11.6 Å². The fraction of sp³-hybridized carbons (Fsp3) is 0.692. The molecule has 0 spiro atoms. The van der Waals surface area contributed by atoms with Gasteiger partial charge >= 0.3 is 0 Å². The summed E-state index contributed by atoms with van der Waals surface area (Å²) in [6.45, 7) is 3.89. The first-order valence-electron chi connectivity index (χ1n) is 6.50. The van der Waals surface area contributed by atoms with Crippen molar-refractivity contribution in [3.63, 3.8) is 0 Å². The molecule has 1 aromatic rings. The number of nitrogens with zero attached hydrogens (tertiary/aromatic N) is 3. The predicted octanol–water partition coefficient (Wildman–Crippen LogP) is 2.34. The third-order valence-corrected chi connectivity index (χ3v) is 3.91. The number of alkyl halides is 1. The topological polar surface area (TPSA) is 47.5 Å². The van der Waals surface area contributed by atoms with Crippen LogP contribution < -0.4 is 14.4 Å². The molecule has 0 radical (unpaired) electrons. The second-order valence-corrected chi connectivity index (χ2v) is 5.44. The van der Waals surface area contributed by atoms with Crippen molar-refractivity contribution in [1.82, 2.24) is 9.97 Å². The molecular weight excluding hydrogens is 266 g/mol. The molecule has 1 atom stereocenters. The molecule has 0 aromatic carbocycles. The van der Waals surface area contributed by atoms with Crippen LogP contribution in [0.2, 0.25) is 0 Å². The summed E-state index contributed by atoms with van der Waals surface area (Å²) in [7, 11) is 3.18. The molecule has 2 rings (SSSR count). The zero-order valence-electron chi connectivity index (χ0n) is 11.6. The van der Waals surface area contributed by atoms with Crippen molar-refractivity contribution >= 4 is 17.5 Å². The number of methoxy groups -OCH3 is 2. The molecule has 0 aliphatic carbocycles. The summed E-state index contributed by atoms with van der Waals surface area (Å²) < 4.78 is 10.3. The summed E-state index contributed by atoms with van der Waals surface area (Å²) in [5.41, 5.74) is 0. The first-order valence-corrected chi connectivity index (χ1v) is 6.93. The lowest BCUT2D eigenvalue weighted by atomic mass is 9.94. The van der Waals surface area contributed by atoms with Gasteiger partial charge in [0.15, 0.2) is 0 Å². The summed E-state index contributed by atoms with van der Waals surface area (Å²) in [4.78, 5) is 10.9. The van der Waals surface area contributed by atoms with Crippen LogP contribution in [0.5, 0.6) is 11.8 Å². The van der Waals surface area contributed by atoms with Crippen LogP contribution in [-0.2, 0) is 0 Å². The summed E-state index contributed by atoms with van der Waals surface area (Å²) in [6, 6.07) is 1.68. The molecule has 1 saturated heterocycles. The Morgan fingerprint density at radius 1 is 1.21 bits per heavy atom. The first kappa shape index (κ1) is 14.2. The van der Waals surface area contributed by atoms with Gasteiger partial charge in [0, 0.05) is 18.5 Å². The van der Waals surface area contributed by atoms with Crippen LogP contribution in [0, 0.1) is 5.92 Å². The number of piperidine rings is 1. The Morgan fingerprint density at radius 2 is 1.74 bits per heavy atom. The zero-order valence-corrected chi connectivity index (χ0v) is 12.4. The van der Waals surface area contributed by atoms with Crippen LogP contribution in [0.15, 0.2) is 6.07 Å². The highest BCUT2D eigenvalue weighted by Crippen LogP contribution is 2.27. The zero-order chi connectivity index (χ0) is 13.8. The average Bonchev–Trinajstić information content (AvgIpc) is 2.46. The SMILES string of the molecule is COc1cc(OC)nc(N2CCC(C(C)Cl)CC2)n1. The normalized spacial score (nSPS) is 18.2. The van der Waals surface area contributed by atoms with E-state index in [1.807, 2.05) is 0 Å². The van der Waals surface area contributed by atoms with Crippen LogP contribution in [-0.4, -0.2) is 42.7 Å². The largest absolute Gasteiger partial charge is 0.481 e. The van der Waals surface area contributed by atoms with Gasteiger partial charge in [0.2, 0.25) is 17.7 Å². The van der Waals surface area contributed by atoms with Gasteiger partial charge in [-0.1, -0.05) is 0 Å². The van der Waals surface area contributed by atoms with Crippen molar-refractivity contribution < 1.29 is 9.47 Å². The standard InChI is InChI=1S/C13H20ClN3O2/c1-9(14)10-4-6-17(7-5-10)13-15-11(18-2)8-12(16-13)19-3/h8-10H,4-7H2,1-3H3. The molecule has 1 aliphatic heterocycles. The Hall–Kier alpha value is -1.23. The minimum absolute atomic E-state index is 0.225. The highest BCUT2D eigenvalue weighted by Gasteiger charge is 2.24. The minimum atomic E-state index is 0.225. The number of halogens is 1. The van der Waals surface area contributed by atoms with Gasteiger partial charge in [-0.2, -0.15) is 9.97 Å². The highest BCUT2D eigenvalue weighted by atomic mass is 35.5. The molecular formula is C13H20ClN3O2. The lowest BCUT2D eigenvalue weighted by Gasteiger charge is -2.33. The molecule has 5 nitrogen and oxygen atoms in total. The molecule has 6 heteroatoms. The molecule has 19 heavy (non-hydrogen) atoms. The van der Waals surface area contributed by atoms with E-state index in [0.29, 0.717) is 23.6 Å². The third kappa shape index (κ3) is 3.41. The molecule has 0 saturated carbocycles. The van der Waals surface area contributed by atoms with E-state index in [2.05, 4.69) is 21.8 Å². The molecule has 1 fully saturated rings. The van der Waals surface area contributed by atoms with Gasteiger partial charge < -0.3 is 14.4 Å². The van der Waals surface area contributed by atoms with Crippen LogP contribution in [0.25, 0.3) is 0 Å². The summed E-state index contributed by atoms with van der Waals surface area (Å²) >= 11 is 6.16. The van der Waals surface area contributed by atoms with Crippen LogP contribution in [0.3, 0.4) is 0 Å². The number of anilines is 1. The van der Waals surface area contributed by atoms with E-state index in [9.17, 15) is 0 Å². The highest BCUT2D eigenvalue weighted by molar-refractivity contribution is 6.20. The van der Waals surface area contributed by atoms with Crippen molar-refractivity contribution in [1.29, 1.82) is 0 Å². The van der Waals surface area contributed by atoms with Crippen LogP contribution in [0.1, 0.15) is 19.8 Å². The summed E-state index contributed by atoms with van der Waals surface area (Å²) in [5.74, 6) is 2.28. The Balaban J connectivity index is 2.10. The molecule has 106 valence electrons. The Kier molecular flexibility index (Phi) is 4.69. The third-order valence-electron chi connectivity index (χ3n) is 3.56. The number of rotatable bonds is 4. The lowest BCUT2D eigenvalue weighted by molar-refractivity contribution is 0.365. The van der Waals surface area contributed by atoms with Crippen molar-refractivity contribution in [2.45, 2.75) is 25.1 Å². The molecule has 1 aromatic heterocycles. The van der Waals surface area contributed by atoms with Crippen molar-refractivity contribution in [2.24, 2.45) is 5.92 Å². The maximum Gasteiger partial charge on any atom is 0.231 e. The smallest absolute Gasteiger partial charge is 0.231 e. The predicted molar refractivity (Wildman–Crippen MR) is 75.4 cm³/mol. The van der Waals surface area contributed by atoms with Crippen LogP contribution >= 0.6 is 11.6 Å². The Labute approximate surface area is 118 Å². The van der Waals surface area contributed by atoms with E-state index in [1.165, 1.54) is 0 Å². The maximum atomic E-state index is 6.16. The van der Waals surface area contributed by atoms with E-state index >= 15 is 0 Å². The number of hydrogen-bond donors (Lipinski definition) is 0. The monoisotopic (exact) mass is 285 g/mol. The number of hydrogen-bond acceptors (Lipinski definition) is 5. The van der Waals surface area contributed by atoms with E-state index in [1.54, 1.807) is 20.3 Å². The van der Waals surface area contributed by atoms with E-state index in [-0.39, 0.29) is 5.38 Å². The van der Waals surface area contributed by atoms with Gasteiger partial charge in [-0.25, -0.2) is 0 Å². The van der Waals surface area contributed by atoms with E-state index < -0.39 is 0 Å². The Bertz CT molecular complexity index is 398. The fourth-order valence-electron chi connectivity index (χ4n) is 2.30. The molecule has 0 N–H and O–H groups in total. The number of ether oxygens (including phenoxy) is 2. The average molecular weight is 286 g/mol. The Morgan fingerprint density at radius 3 is 2.16 bits per heavy atom. The quantitative estimate of drug-likeness (QED) is 0.795. The molecule has 0 amide bonds. The molecule has 2 heterocycles. The van der Waals surface area contributed by atoms with Crippen molar-refractivity contribution in [2.75, 3.05) is 32.2 Å². The van der Waals surface area contributed by atoms with Gasteiger partial charge in [0.05, 0.1) is 20.3 Å². The van der Waals surface area contributed by atoms with E-state index in [0.717, 1.165) is 25.9 Å². The van der Waals surface area contributed by atoms with Gasteiger partial charge in [-0.3, -0.25) is 0 Å². The van der Waals surface area contributed by atoms with Crippen LogP contribution in [0.4, 0.5) is 5.95 Å². The molecule has 0 bridgehead atoms. The number of aromatic nitrogens is 2. The summed E-state index contributed by atoms with van der Waals surface area (Å²) in [6.07, 6.45) is 2.13. The summed E-state index contributed by atoms with van der Waals surface area (Å²) in [5, 5.41) is 0.225. The van der Waals surface area contributed by atoms with Crippen molar-refractivity contribution in [3.05, 3.63) is 6.07 Å². The van der Waals surface area contributed by atoms with Gasteiger partial charge in [-0.05, 0) is 25.7 Å². The second kappa shape index (κ2) is 6.28. The lowest BCUT2D eigenvalue weighted by Crippen LogP contribution is -2.37.